The molecule has 10 nitrogen and oxygen atoms in total. The normalized spacial score (nSPS) is 13.6. The molecule has 0 radical (unpaired) electrons. The van der Waals surface area contributed by atoms with Crippen LogP contribution in [-0.4, -0.2) is 79.9 Å². The van der Waals surface area contributed by atoms with Gasteiger partial charge in [0.05, 0.1) is 31.9 Å². The lowest BCUT2D eigenvalue weighted by atomic mass is 10.1. The standard InChI is InChI=1S/C29H35N3O7S/c1-36-26-7-5-4-6-25(26)31-16-18-32(19-17-31)29(33)21-39-23-9-11-24(12-10-23)40(34,35)30-15-14-22-8-13-27(37-2)28(20-22)38-3/h4-13,20,30H,14-19,21H2,1-3H3. The lowest BCUT2D eigenvalue weighted by Gasteiger charge is -2.36. The van der Waals surface area contributed by atoms with Gasteiger partial charge in [0.2, 0.25) is 10.0 Å². The van der Waals surface area contributed by atoms with E-state index in [1.165, 1.54) is 12.1 Å². The number of nitrogens with one attached hydrogen (secondary N) is 1. The molecule has 1 aliphatic rings. The van der Waals surface area contributed by atoms with Crippen molar-refractivity contribution in [3.63, 3.8) is 0 Å². The van der Waals surface area contributed by atoms with Crippen molar-refractivity contribution in [2.75, 3.05) is 65.6 Å². The van der Waals surface area contributed by atoms with Gasteiger partial charge in [-0.2, -0.15) is 0 Å². The minimum absolute atomic E-state index is 0.117. The van der Waals surface area contributed by atoms with Gasteiger partial charge in [-0.15, -0.1) is 0 Å². The van der Waals surface area contributed by atoms with E-state index in [2.05, 4.69) is 9.62 Å². The number of para-hydroxylation sites is 2. The molecule has 0 bridgehead atoms. The van der Waals surface area contributed by atoms with Crippen LogP contribution >= 0.6 is 0 Å². The highest BCUT2D eigenvalue weighted by molar-refractivity contribution is 7.89. The minimum Gasteiger partial charge on any atom is -0.495 e. The third kappa shape index (κ3) is 7.16. The Hall–Kier alpha value is -3.96. The number of anilines is 1. The summed E-state index contributed by atoms with van der Waals surface area (Å²) in [5, 5.41) is 0. The first kappa shape index (κ1) is 29.0. The van der Waals surface area contributed by atoms with Crippen molar-refractivity contribution in [1.29, 1.82) is 0 Å². The number of sulfonamides is 1. The number of hydrogen-bond donors (Lipinski definition) is 1. The SMILES string of the molecule is COc1ccc(CCNS(=O)(=O)c2ccc(OCC(=O)N3CCN(c4ccccc4OC)CC3)cc2)cc1OC. The molecule has 40 heavy (non-hydrogen) atoms. The summed E-state index contributed by atoms with van der Waals surface area (Å²) >= 11 is 0. The Morgan fingerprint density at radius 3 is 2.17 bits per heavy atom. The molecule has 1 aliphatic heterocycles. The molecule has 1 amide bonds. The molecule has 214 valence electrons. The first-order chi connectivity index (χ1) is 19.3. The van der Waals surface area contributed by atoms with Crippen LogP contribution < -0.4 is 28.6 Å². The third-order valence-corrected chi connectivity index (χ3v) is 8.19. The summed E-state index contributed by atoms with van der Waals surface area (Å²) in [6, 6.07) is 19.3. The van der Waals surface area contributed by atoms with Crippen molar-refractivity contribution in [3.8, 4) is 23.0 Å². The molecule has 1 heterocycles. The zero-order valence-electron chi connectivity index (χ0n) is 23.0. The van der Waals surface area contributed by atoms with Gasteiger partial charge in [-0.1, -0.05) is 18.2 Å². The van der Waals surface area contributed by atoms with Gasteiger partial charge in [0, 0.05) is 32.7 Å². The van der Waals surface area contributed by atoms with Gasteiger partial charge in [-0.25, -0.2) is 13.1 Å². The molecule has 1 saturated heterocycles. The van der Waals surface area contributed by atoms with E-state index in [0.717, 1.165) is 17.0 Å². The molecular weight excluding hydrogens is 534 g/mol. The Labute approximate surface area is 235 Å². The van der Waals surface area contributed by atoms with Gasteiger partial charge in [0.25, 0.3) is 5.91 Å². The van der Waals surface area contributed by atoms with E-state index in [1.54, 1.807) is 44.4 Å². The van der Waals surface area contributed by atoms with E-state index in [1.807, 2.05) is 36.4 Å². The summed E-state index contributed by atoms with van der Waals surface area (Å²) in [6.07, 6.45) is 0.482. The number of methoxy groups -OCH3 is 3. The molecule has 0 atom stereocenters. The molecule has 3 aromatic rings. The van der Waals surface area contributed by atoms with Gasteiger partial charge in [0.1, 0.15) is 11.5 Å². The number of rotatable bonds is 12. The largest absolute Gasteiger partial charge is 0.495 e. The molecule has 1 N–H and O–H groups in total. The van der Waals surface area contributed by atoms with Gasteiger partial charge in [-0.05, 0) is 60.5 Å². The van der Waals surface area contributed by atoms with Gasteiger partial charge in [0.15, 0.2) is 18.1 Å². The van der Waals surface area contributed by atoms with Crippen molar-refractivity contribution in [2.24, 2.45) is 0 Å². The van der Waals surface area contributed by atoms with Gasteiger partial charge in [-0.3, -0.25) is 4.79 Å². The average molecular weight is 570 g/mol. The van der Waals surface area contributed by atoms with Crippen molar-refractivity contribution in [3.05, 3.63) is 72.3 Å². The first-order valence-corrected chi connectivity index (χ1v) is 14.4. The molecule has 4 rings (SSSR count). The smallest absolute Gasteiger partial charge is 0.260 e. The first-order valence-electron chi connectivity index (χ1n) is 12.9. The Balaban J connectivity index is 1.23. The molecular formula is C29H35N3O7S. The van der Waals surface area contributed by atoms with E-state index in [4.69, 9.17) is 18.9 Å². The lowest BCUT2D eigenvalue weighted by molar-refractivity contribution is -0.133. The predicted octanol–water partition coefficient (Wildman–Crippen LogP) is 2.96. The lowest BCUT2D eigenvalue weighted by Crippen LogP contribution is -2.50. The molecule has 0 aliphatic carbocycles. The van der Waals surface area contributed by atoms with Crippen LogP contribution in [-0.2, 0) is 21.2 Å². The zero-order chi connectivity index (χ0) is 28.5. The molecule has 0 spiro atoms. The number of carbonyl (C=O) groups is 1. The summed E-state index contributed by atoms with van der Waals surface area (Å²) in [6.45, 7) is 2.63. The Morgan fingerprint density at radius 2 is 1.50 bits per heavy atom. The maximum atomic E-state index is 12.7. The summed E-state index contributed by atoms with van der Waals surface area (Å²) in [7, 11) is 1.06. The summed E-state index contributed by atoms with van der Waals surface area (Å²) in [5.41, 5.74) is 1.92. The third-order valence-electron chi connectivity index (χ3n) is 6.71. The molecule has 1 fully saturated rings. The van der Waals surface area contributed by atoms with Gasteiger partial charge >= 0.3 is 0 Å². The second-order valence-electron chi connectivity index (χ2n) is 9.14. The van der Waals surface area contributed by atoms with Crippen LogP contribution in [0.2, 0.25) is 0 Å². The number of ether oxygens (including phenoxy) is 4. The molecule has 0 unspecified atom stereocenters. The highest BCUT2D eigenvalue weighted by Gasteiger charge is 2.23. The topological polar surface area (TPSA) is 107 Å². The number of hydrogen-bond acceptors (Lipinski definition) is 8. The van der Waals surface area contributed by atoms with E-state index in [0.29, 0.717) is 49.8 Å². The summed E-state index contributed by atoms with van der Waals surface area (Å²) < 4.78 is 49.7. The van der Waals surface area contributed by atoms with Crippen LogP contribution in [0.5, 0.6) is 23.0 Å². The van der Waals surface area contributed by atoms with E-state index < -0.39 is 10.0 Å². The molecule has 3 aromatic carbocycles. The number of nitrogens with zero attached hydrogens (tertiary/aromatic N) is 2. The second kappa shape index (κ2) is 13.4. The summed E-state index contributed by atoms with van der Waals surface area (Å²) in [5.74, 6) is 2.32. The Bertz CT molecular complexity index is 1390. The fraction of sp³-hybridized carbons (Fsp3) is 0.345. The summed E-state index contributed by atoms with van der Waals surface area (Å²) in [4.78, 5) is 16.8. The van der Waals surface area contributed by atoms with Crippen molar-refractivity contribution >= 4 is 21.6 Å². The Kier molecular flexibility index (Phi) is 9.73. The maximum Gasteiger partial charge on any atom is 0.260 e. The predicted molar refractivity (Wildman–Crippen MR) is 152 cm³/mol. The average Bonchev–Trinajstić information content (AvgIpc) is 3.00. The fourth-order valence-corrected chi connectivity index (χ4v) is 5.52. The van der Waals surface area contributed by atoms with E-state index >= 15 is 0 Å². The number of carbonyl (C=O) groups excluding carboxylic acids is 1. The van der Waals surface area contributed by atoms with E-state index in [-0.39, 0.29) is 24.0 Å². The highest BCUT2D eigenvalue weighted by Crippen LogP contribution is 2.29. The number of benzene rings is 3. The fourth-order valence-electron chi connectivity index (χ4n) is 4.49. The van der Waals surface area contributed by atoms with Crippen LogP contribution in [0, 0.1) is 0 Å². The zero-order valence-corrected chi connectivity index (χ0v) is 23.8. The monoisotopic (exact) mass is 569 g/mol. The van der Waals surface area contributed by atoms with Crippen molar-refractivity contribution < 1.29 is 32.2 Å². The van der Waals surface area contributed by atoms with Crippen LogP contribution in [0.4, 0.5) is 5.69 Å². The van der Waals surface area contributed by atoms with Crippen LogP contribution in [0.25, 0.3) is 0 Å². The van der Waals surface area contributed by atoms with Crippen molar-refractivity contribution in [2.45, 2.75) is 11.3 Å². The van der Waals surface area contributed by atoms with E-state index in [9.17, 15) is 13.2 Å². The maximum absolute atomic E-state index is 12.7. The van der Waals surface area contributed by atoms with Gasteiger partial charge < -0.3 is 28.7 Å². The van der Waals surface area contributed by atoms with Crippen LogP contribution in [0.3, 0.4) is 0 Å². The molecule has 11 heteroatoms. The number of piperazine rings is 1. The minimum atomic E-state index is -3.71. The number of amides is 1. The van der Waals surface area contributed by atoms with Crippen molar-refractivity contribution in [1.82, 2.24) is 9.62 Å². The second-order valence-corrected chi connectivity index (χ2v) is 10.9. The Morgan fingerprint density at radius 1 is 0.825 bits per heavy atom. The molecule has 0 saturated carbocycles. The molecule has 0 aromatic heterocycles. The van der Waals surface area contributed by atoms with Crippen LogP contribution in [0.1, 0.15) is 5.56 Å². The van der Waals surface area contributed by atoms with Crippen LogP contribution in [0.15, 0.2) is 71.6 Å². The highest BCUT2D eigenvalue weighted by atomic mass is 32.2. The quantitative estimate of drug-likeness (QED) is 0.355.